The normalized spacial score (nSPS) is 14.3. The topological polar surface area (TPSA) is 34.2 Å². The van der Waals surface area contributed by atoms with Crippen molar-refractivity contribution in [3.63, 3.8) is 0 Å². The van der Waals surface area contributed by atoms with Crippen LogP contribution >= 0.6 is 11.6 Å². The molecular weight excluding hydrogens is 260 g/mol. The predicted octanol–water partition coefficient (Wildman–Crippen LogP) is 3.46. The number of nitrogens with one attached hydrogen (secondary N) is 1. The molecule has 0 aliphatic heterocycles. The Labute approximate surface area is 121 Å². The maximum atomic E-state index is 6.20. The van der Waals surface area contributed by atoms with Crippen LogP contribution in [0, 0.1) is 0 Å². The second-order valence-electron chi connectivity index (χ2n) is 4.79. The lowest BCUT2D eigenvalue weighted by atomic mass is 9.98. The monoisotopic (exact) mass is 284 g/mol. The van der Waals surface area contributed by atoms with Crippen molar-refractivity contribution < 1.29 is 4.74 Å². The number of halogens is 1. The lowest BCUT2D eigenvalue weighted by molar-refractivity contribution is 0.0609. The van der Waals surface area contributed by atoms with Crippen molar-refractivity contribution in [2.24, 2.45) is 0 Å². The highest BCUT2D eigenvalue weighted by Crippen LogP contribution is 2.18. The van der Waals surface area contributed by atoms with Gasteiger partial charge in [-0.25, -0.2) is 0 Å². The van der Waals surface area contributed by atoms with Crippen molar-refractivity contribution in [1.82, 2.24) is 10.3 Å². The molecule has 108 valence electrons. The van der Waals surface area contributed by atoms with Crippen LogP contribution in [0.4, 0.5) is 0 Å². The Morgan fingerprint density at radius 2 is 2.16 bits per heavy atom. The molecule has 0 aliphatic rings. The summed E-state index contributed by atoms with van der Waals surface area (Å²) < 4.78 is 5.64. The van der Waals surface area contributed by atoms with Gasteiger partial charge >= 0.3 is 0 Å². The van der Waals surface area contributed by atoms with Crippen LogP contribution in [0.5, 0.6) is 0 Å². The number of hydrogen-bond donors (Lipinski definition) is 1. The van der Waals surface area contributed by atoms with Gasteiger partial charge in [-0.1, -0.05) is 31.9 Å². The Kier molecular flexibility index (Phi) is 8.03. The molecule has 0 amide bonds. The summed E-state index contributed by atoms with van der Waals surface area (Å²) in [5.41, 5.74) is 1.13. The van der Waals surface area contributed by atoms with Crippen molar-refractivity contribution in [2.75, 3.05) is 13.7 Å². The van der Waals surface area contributed by atoms with Gasteiger partial charge in [0.25, 0.3) is 0 Å². The molecule has 4 heteroatoms. The third-order valence-electron chi connectivity index (χ3n) is 3.28. The number of aromatic nitrogens is 1. The van der Waals surface area contributed by atoms with Gasteiger partial charge in [0.1, 0.15) is 0 Å². The molecule has 19 heavy (non-hydrogen) atoms. The van der Waals surface area contributed by atoms with Crippen molar-refractivity contribution in [3.05, 3.63) is 29.0 Å². The first kappa shape index (κ1) is 16.4. The number of pyridine rings is 1. The number of methoxy groups -OCH3 is 1. The van der Waals surface area contributed by atoms with Gasteiger partial charge < -0.3 is 10.1 Å². The summed E-state index contributed by atoms with van der Waals surface area (Å²) in [7, 11) is 1.79. The molecule has 1 aromatic heterocycles. The van der Waals surface area contributed by atoms with Crippen LogP contribution in [0.2, 0.25) is 5.02 Å². The van der Waals surface area contributed by atoms with Gasteiger partial charge in [0.2, 0.25) is 0 Å². The Bertz CT molecular complexity index is 360. The van der Waals surface area contributed by atoms with Gasteiger partial charge in [0, 0.05) is 25.5 Å². The van der Waals surface area contributed by atoms with E-state index in [1.54, 1.807) is 19.5 Å². The minimum Gasteiger partial charge on any atom is -0.380 e. The van der Waals surface area contributed by atoms with Gasteiger partial charge in [0.05, 0.1) is 11.1 Å². The first-order valence-electron chi connectivity index (χ1n) is 7.07. The average Bonchev–Trinajstić information content (AvgIpc) is 2.43. The molecule has 1 aromatic rings. The van der Waals surface area contributed by atoms with Crippen molar-refractivity contribution in [1.29, 1.82) is 0 Å². The second-order valence-corrected chi connectivity index (χ2v) is 5.20. The average molecular weight is 285 g/mol. The van der Waals surface area contributed by atoms with E-state index in [9.17, 15) is 0 Å². The highest BCUT2D eigenvalue weighted by molar-refractivity contribution is 6.31. The summed E-state index contributed by atoms with van der Waals surface area (Å²) in [4.78, 5) is 4.03. The smallest absolute Gasteiger partial charge is 0.0727 e. The summed E-state index contributed by atoms with van der Waals surface area (Å²) in [6, 6.07) is 2.28. The Hall–Kier alpha value is -0.640. The van der Waals surface area contributed by atoms with Gasteiger partial charge in [0.15, 0.2) is 0 Å². The second kappa shape index (κ2) is 9.29. The Morgan fingerprint density at radius 1 is 1.37 bits per heavy atom. The summed E-state index contributed by atoms with van der Waals surface area (Å²) in [5, 5.41) is 4.31. The number of ether oxygens (including phenoxy) is 1. The van der Waals surface area contributed by atoms with Crippen molar-refractivity contribution >= 4 is 11.6 Å². The van der Waals surface area contributed by atoms with Crippen LogP contribution in [-0.2, 0) is 11.2 Å². The van der Waals surface area contributed by atoms with E-state index in [2.05, 4.69) is 24.1 Å². The molecule has 0 aliphatic carbocycles. The largest absolute Gasteiger partial charge is 0.380 e. The maximum Gasteiger partial charge on any atom is 0.0727 e. The van der Waals surface area contributed by atoms with Gasteiger partial charge in [-0.3, -0.25) is 4.98 Å². The summed E-state index contributed by atoms with van der Waals surface area (Å²) >= 11 is 6.20. The summed E-state index contributed by atoms with van der Waals surface area (Å²) in [5.74, 6) is 0. The van der Waals surface area contributed by atoms with Crippen molar-refractivity contribution in [3.8, 4) is 0 Å². The van der Waals surface area contributed by atoms with Crippen LogP contribution in [0.15, 0.2) is 18.5 Å². The first-order chi connectivity index (χ1) is 9.22. The summed E-state index contributed by atoms with van der Waals surface area (Å²) in [6.45, 7) is 5.35. The van der Waals surface area contributed by atoms with Crippen molar-refractivity contribution in [2.45, 2.75) is 51.7 Å². The van der Waals surface area contributed by atoms with E-state index in [-0.39, 0.29) is 6.10 Å². The quantitative estimate of drug-likeness (QED) is 0.754. The summed E-state index contributed by atoms with van der Waals surface area (Å²) in [6.07, 6.45) is 7.88. The SMILES string of the molecule is CCCNC(Cc1ccncc1Cl)C(CCC)OC. The van der Waals surface area contributed by atoms with Crippen LogP contribution in [0.1, 0.15) is 38.7 Å². The molecule has 1 heterocycles. The molecule has 0 saturated heterocycles. The van der Waals surface area contributed by atoms with Crippen LogP contribution in [-0.4, -0.2) is 30.8 Å². The van der Waals surface area contributed by atoms with Gasteiger partial charge in [-0.2, -0.15) is 0 Å². The van der Waals surface area contributed by atoms with Gasteiger partial charge in [-0.05, 0) is 37.4 Å². The zero-order chi connectivity index (χ0) is 14.1. The fourth-order valence-corrected chi connectivity index (χ4v) is 2.44. The van der Waals surface area contributed by atoms with E-state index in [0.29, 0.717) is 6.04 Å². The lowest BCUT2D eigenvalue weighted by Crippen LogP contribution is -2.43. The van der Waals surface area contributed by atoms with Crippen LogP contribution in [0.3, 0.4) is 0 Å². The van der Waals surface area contributed by atoms with E-state index >= 15 is 0 Å². The minimum atomic E-state index is 0.223. The zero-order valence-corrected chi connectivity index (χ0v) is 12.9. The van der Waals surface area contributed by atoms with E-state index in [1.807, 2.05) is 6.07 Å². The Morgan fingerprint density at radius 3 is 2.74 bits per heavy atom. The third-order valence-corrected chi connectivity index (χ3v) is 3.62. The van der Waals surface area contributed by atoms with E-state index in [0.717, 1.165) is 42.8 Å². The predicted molar refractivity (Wildman–Crippen MR) is 80.7 cm³/mol. The van der Waals surface area contributed by atoms with Crippen LogP contribution < -0.4 is 5.32 Å². The number of nitrogens with zero attached hydrogens (tertiary/aromatic N) is 1. The zero-order valence-electron chi connectivity index (χ0n) is 12.2. The lowest BCUT2D eigenvalue weighted by Gasteiger charge is -2.27. The molecule has 0 saturated carbocycles. The van der Waals surface area contributed by atoms with Gasteiger partial charge in [-0.15, -0.1) is 0 Å². The number of rotatable bonds is 9. The fraction of sp³-hybridized carbons (Fsp3) is 0.667. The third kappa shape index (κ3) is 5.47. The molecule has 0 spiro atoms. The molecule has 1 N–H and O–H groups in total. The molecule has 0 aromatic carbocycles. The Balaban J connectivity index is 2.75. The standard InChI is InChI=1S/C15H25ClN2O/c1-4-6-15(19-3)14(18-8-5-2)10-12-7-9-17-11-13(12)16/h7,9,11,14-15,18H,4-6,8,10H2,1-3H3. The highest BCUT2D eigenvalue weighted by atomic mass is 35.5. The van der Waals surface area contributed by atoms with E-state index in [4.69, 9.17) is 16.3 Å². The first-order valence-corrected chi connectivity index (χ1v) is 7.45. The van der Waals surface area contributed by atoms with E-state index in [1.165, 1.54) is 0 Å². The van der Waals surface area contributed by atoms with Crippen LogP contribution in [0.25, 0.3) is 0 Å². The molecular formula is C15H25ClN2O. The molecule has 1 rings (SSSR count). The van der Waals surface area contributed by atoms with E-state index < -0.39 is 0 Å². The molecule has 0 radical (unpaired) electrons. The fourth-order valence-electron chi connectivity index (χ4n) is 2.24. The molecule has 0 bridgehead atoms. The molecule has 0 fully saturated rings. The molecule has 3 nitrogen and oxygen atoms in total. The molecule has 2 unspecified atom stereocenters. The minimum absolute atomic E-state index is 0.223. The molecule has 2 atom stereocenters. The highest BCUT2D eigenvalue weighted by Gasteiger charge is 2.21. The maximum absolute atomic E-state index is 6.20. The number of hydrogen-bond acceptors (Lipinski definition) is 3.